The first-order valence-corrected chi connectivity index (χ1v) is 10.8. The van der Waals surface area contributed by atoms with Crippen molar-refractivity contribution in [3.05, 3.63) is 48.4 Å². The van der Waals surface area contributed by atoms with Crippen molar-refractivity contribution >= 4 is 34.8 Å². The molecule has 1 fully saturated rings. The van der Waals surface area contributed by atoms with Crippen molar-refractivity contribution in [3.63, 3.8) is 0 Å². The van der Waals surface area contributed by atoms with E-state index in [4.69, 9.17) is 21.4 Å². The Morgan fingerprint density at radius 3 is 2.73 bits per heavy atom. The molecule has 4 nitrogen and oxygen atoms in total. The van der Waals surface area contributed by atoms with E-state index in [0.29, 0.717) is 11.2 Å². The molecule has 2 aromatic rings. The molecule has 140 valence electrons. The molecule has 0 saturated heterocycles. The lowest BCUT2D eigenvalue weighted by Crippen LogP contribution is -2.29. The fourth-order valence-electron chi connectivity index (χ4n) is 2.93. The lowest BCUT2D eigenvalue weighted by molar-refractivity contribution is 0.210. The average molecular weight is 391 g/mol. The van der Waals surface area contributed by atoms with Gasteiger partial charge in [-0.1, -0.05) is 0 Å². The number of rotatable bonds is 9. The molecule has 26 heavy (non-hydrogen) atoms. The molecule has 0 spiro atoms. The zero-order valence-corrected chi connectivity index (χ0v) is 16.5. The number of thiocarbonyl (C=S) groups is 1. The van der Waals surface area contributed by atoms with Gasteiger partial charge in [0.15, 0.2) is 5.11 Å². The average Bonchev–Trinajstić information content (AvgIpc) is 3.34. The number of nitrogens with one attached hydrogen (secondary N) is 2. The first kappa shape index (κ1) is 19.1. The summed E-state index contributed by atoms with van der Waals surface area (Å²) >= 11 is 7.22. The Labute approximate surface area is 165 Å². The van der Waals surface area contributed by atoms with Gasteiger partial charge in [-0.3, -0.25) is 0 Å². The molecule has 1 aromatic carbocycles. The SMILES string of the molecule is S=C(NCCCSCc1ccco1)Nc1ccc(OC2CCCC2)cc1. The summed E-state index contributed by atoms with van der Waals surface area (Å²) in [4.78, 5) is 0. The van der Waals surface area contributed by atoms with Gasteiger partial charge in [-0.25, -0.2) is 0 Å². The van der Waals surface area contributed by atoms with Crippen LogP contribution in [0.1, 0.15) is 37.9 Å². The van der Waals surface area contributed by atoms with Gasteiger partial charge < -0.3 is 19.8 Å². The molecule has 0 amide bonds. The Morgan fingerprint density at radius 1 is 1.19 bits per heavy atom. The maximum atomic E-state index is 5.98. The highest BCUT2D eigenvalue weighted by Gasteiger charge is 2.16. The largest absolute Gasteiger partial charge is 0.490 e. The molecule has 1 aromatic heterocycles. The normalized spacial score (nSPS) is 14.3. The highest BCUT2D eigenvalue weighted by atomic mass is 32.2. The highest BCUT2D eigenvalue weighted by molar-refractivity contribution is 7.98. The summed E-state index contributed by atoms with van der Waals surface area (Å²) in [6.45, 7) is 0.861. The van der Waals surface area contributed by atoms with Crippen LogP contribution in [0, 0.1) is 0 Å². The summed E-state index contributed by atoms with van der Waals surface area (Å²) in [5, 5.41) is 7.13. The third kappa shape index (κ3) is 6.57. The minimum atomic E-state index is 0.391. The number of anilines is 1. The number of benzene rings is 1. The van der Waals surface area contributed by atoms with E-state index in [1.807, 2.05) is 48.2 Å². The van der Waals surface area contributed by atoms with Crippen LogP contribution in [0.15, 0.2) is 47.1 Å². The summed E-state index contributed by atoms with van der Waals surface area (Å²) in [6, 6.07) is 12.0. The van der Waals surface area contributed by atoms with Gasteiger partial charge in [0.25, 0.3) is 0 Å². The molecule has 6 heteroatoms. The van der Waals surface area contributed by atoms with Gasteiger partial charge in [0.1, 0.15) is 11.5 Å². The second kappa shape index (κ2) is 10.5. The van der Waals surface area contributed by atoms with Crippen LogP contribution in [0.2, 0.25) is 0 Å². The van der Waals surface area contributed by atoms with Crippen molar-refractivity contribution < 1.29 is 9.15 Å². The second-order valence-corrected chi connectivity index (χ2v) is 7.93. The summed E-state index contributed by atoms with van der Waals surface area (Å²) in [5.74, 6) is 3.96. The van der Waals surface area contributed by atoms with Crippen molar-refractivity contribution in [2.75, 3.05) is 17.6 Å². The van der Waals surface area contributed by atoms with Crippen molar-refractivity contribution in [2.24, 2.45) is 0 Å². The molecule has 0 bridgehead atoms. The Kier molecular flexibility index (Phi) is 7.70. The number of hydrogen-bond donors (Lipinski definition) is 2. The van der Waals surface area contributed by atoms with Crippen molar-refractivity contribution in [2.45, 2.75) is 44.0 Å². The van der Waals surface area contributed by atoms with E-state index in [0.717, 1.165) is 41.7 Å². The maximum Gasteiger partial charge on any atom is 0.170 e. The number of ether oxygens (including phenoxy) is 1. The fourth-order valence-corrected chi connectivity index (χ4v) is 4.01. The van der Waals surface area contributed by atoms with E-state index in [9.17, 15) is 0 Å². The summed E-state index contributed by atoms with van der Waals surface area (Å²) in [6.07, 6.45) is 8.08. The lowest BCUT2D eigenvalue weighted by Gasteiger charge is -2.14. The molecule has 3 rings (SSSR count). The monoisotopic (exact) mass is 390 g/mol. The predicted octanol–water partition coefficient (Wildman–Crippen LogP) is 5.21. The molecule has 0 atom stereocenters. The van der Waals surface area contributed by atoms with Gasteiger partial charge in [0.2, 0.25) is 0 Å². The molecule has 1 aliphatic carbocycles. The maximum absolute atomic E-state index is 5.98. The van der Waals surface area contributed by atoms with Gasteiger partial charge in [0.05, 0.1) is 18.1 Å². The molecule has 0 unspecified atom stereocenters. The minimum Gasteiger partial charge on any atom is -0.490 e. The third-order valence-corrected chi connectivity index (χ3v) is 5.60. The van der Waals surface area contributed by atoms with Gasteiger partial charge in [-0.05, 0) is 86.5 Å². The fraction of sp³-hybridized carbons (Fsp3) is 0.450. The first-order chi connectivity index (χ1) is 12.8. The topological polar surface area (TPSA) is 46.4 Å². The predicted molar refractivity (Wildman–Crippen MR) is 113 cm³/mol. The second-order valence-electron chi connectivity index (χ2n) is 6.42. The lowest BCUT2D eigenvalue weighted by atomic mass is 10.3. The molecule has 0 aliphatic heterocycles. The van der Waals surface area contributed by atoms with Crippen LogP contribution in [-0.4, -0.2) is 23.5 Å². The Morgan fingerprint density at radius 2 is 2.00 bits per heavy atom. The molecule has 1 aliphatic rings. The Bertz CT molecular complexity index is 653. The Balaban J connectivity index is 1.27. The molecular formula is C20H26N2O2S2. The van der Waals surface area contributed by atoms with Crippen LogP contribution in [-0.2, 0) is 5.75 Å². The van der Waals surface area contributed by atoms with E-state index in [2.05, 4.69) is 10.6 Å². The molecule has 1 saturated carbocycles. The van der Waals surface area contributed by atoms with Crippen LogP contribution in [0.25, 0.3) is 0 Å². The van der Waals surface area contributed by atoms with E-state index < -0.39 is 0 Å². The van der Waals surface area contributed by atoms with Crippen LogP contribution < -0.4 is 15.4 Å². The van der Waals surface area contributed by atoms with Crippen LogP contribution >= 0.6 is 24.0 Å². The van der Waals surface area contributed by atoms with Gasteiger partial charge in [-0.2, -0.15) is 11.8 Å². The standard InChI is InChI=1S/C20H26N2O2S2/c25-20(21-12-4-14-26-15-19-7-3-13-23-19)22-16-8-10-18(11-9-16)24-17-5-1-2-6-17/h3,7-11,13,17H,1-2,4-6,12,14-15H2,(H2,21,22,25). The van der Waals surface area contributed by atoms with Crippen molar-refractivity contribution in [1.82, 2.24) is 5.32 Å². The van der Waals surface area contributed by atoms with Crippen LogP contribution in [0.5, 0.6) is 5.75 Å². The third-order valence-electron chi connectivity index (χ3n) is 4.29. The summed E-state index contributed by atoms with van der Waals surface area (Å²) < 4.78 is 11.3. The quantitative estimate of drug-likeness (QED) is 0.453. The van der Waals surface area contributed by atoms with Crippen LogP contribution in [0.4, 0.5) is 5.69 Å². The van der Waals surface area contributed by atoms with Crippen molar-refractivity contribution in [1.29, 1.82) is 0 Å². The van der Waals surface area contributed by atoms with E-state index >= 15 is 0 Å². The van der Waals surface area contributed by atoms with E-state index in [-0.39, 0.29) is 0 Å². The van der Waals surface area contributed by atoms with Crippen molar-refractivity contribution in [3.8, 4) is 5.75 Å². The zero-order valence-electron chi connectivity index (χ0n) is 14.9. The summed E-state index contributed by atoms with van der Waals surface area (Å²) in [5.41, 5.74) is 0.980. The Hall–Kier alpha value is -1.66. The molecule has 2 N–H and O–H groups in total. The van der Waals surface area contributed by atoms with Crippen LogP contribution in [0.3, 0.4) is 0 Å². The molecule has 0 radical (unpaired) electrons. The van der Waals surface area contributed by atoms with Gasteiger partial charge >= 0.3 is 0 Å². The minimum absolute atomic E-state index is 0.391. The molecular weight excluding hydrogens is 364 g/mol. The summed E-state index contributed by atoms with van der Waals surface area (Å²) in [7, 11) is 0. The highest BCUT2D eigenvalue weighted by Crippen LogP contribution is 2.25. The smallest absolute Gasteiger partial charge is 0.170 e. The van der Waals surface area contributed by atoms with E-state index in [1.54, 1.807) is 6.26 Å². The van der Waals surface area contributed by atoms with E-state index in [1.165, 1.54) is 25.7 Å². The first-order valence-electron chi connectivity index (χ1n) is 9.21. The number of furan rings is 1. The molecule has 1 heterocycles. The van der Waals surface area contributed by atoms with Gasteiger partial charge in [0, 0.05) is 12.2 Å². The zero-order chi connectivity index (χ0) is 18.0. The number of thioether (sulfide) groups is 1. The van der Waals surface area contributed by atoms with Gasteiger partial charge in [-0.15, -0.1) is 0 Å². The number of hydrogen-bond acceptors (Lipinski definition) is 4.